The Bertz CT molecular complexity index is 635. The average molecular weight is 329 g/mol. The van der Waals surface area contributed by atoms with Gasteiger partial charge in [-0.05, 0) is 48.6 Å². The Labute approximate surface area is 132 Å². The Morgan fingerprint density at radius 2 is 2.00 bits per heavy atom. The number of allylic oxidation sites excluding steroid dienone is 2. The van der Waals surface area contributed by atoms with E-state index in [1.165, 1.54) is 0 Å². The van der Waals surface area contributed by atoms with E-state index in [0.29, 0.717) is 17.6 Å². The van der Waals surface area contributed by atoms with Gasteiger partial charge in [0, 0.05) is 6.42 Å². The number of rotatable bonds is 4. The van der Waals surface area contributed by atoms with Crippen LogP contribution in [0.2, 0.25) is 10.0 Å². The maximum absolute atomic E-state index is 11.8. The Morgan fingerprint density at radius 3 is 2.67 bits per heavy atom. The van der Waals surface area contributed by atoms with Crippen molar-refractivity contribution in [1.29, 1.82) is 0 Å². The van der Waals surface area contributed by atoms with Crippen molar-refractivity contribution in [2.45, 2.75) is 26.2 Å². The molecule has 0 radical (unpaired) electrons. The third kappa shape index (κ3) is 3.39. The van der Waals surface area contributed by atoms with Crippen LogP contribution in [0, 0.1) is 0 Å². The second-order valence-corrected chi connectivity index (χ2v) is 5.56. The zero-order valence-electron chi connectivity index (χ0n) is 11.4. The predicted molar refractivity (Wildman–Crippen MR) is 81.0 cm³/mol. The average Bonchev–Trinajstić information content (AvgIpc) is 2.44. The summed E-state index contributed by atoms with van der Waals surface area (Å²) in [5, 5.41) is 9.05. The minimum Gasteiger partial charge on any atom is -0.480 e. The lowest BCUT2D eigenvalue weighted by Gasteiger charge is -2.19. The molecule has 1 aromatic rings. The molecule has 0 saturated carbocycles. The van der Waals surface area contributed by atoms with Crippen molar-refractivity contribution in [1.82, 2.24) is 0 Å². The largest absolute Gasteiger partial charge is 0.480 e. The minimum absolute atomic E-state index is 0.120. The zero-order valence-corrected chi connectivity index (χ0v) is 12.9. The lowest BCUT2D eigenvalue weighted by molar-refractivity contribution is -0.139. The fourth-order valence-electron chi connectivity index (χ4n) is 2.32. The SMILES string of the molecule is CC1=C(c2ccc(OCC(=O)O)c(Cl)c2Cl)CCCC1=O. The van der Waals surface area contributed by atoms with Crippen LogP contribution in [-0.4, -0.2) is 23.5 Å². The van der Waals surface area contributed by atoms with Crippen LogP contribution in [-0.2, 0) is 9.59 Å². The van der Waals surface area contributed by atoms with Crippen molar-refractivity contribution in [2.24, 2.45) is 0 Å². The second-order valence-electron chi connectivity index (χ2n) is 4.80. The Balaban J connectivity index is 2.39. The zero-order chi connectivity index (χ0) is 15.6. The van der Waals surface area contributed by atoms with Gasteiger partial charge in [0.15, 0.2) is 12.4 Å². The highest BCUT2D eigenvalue weighted by molar-refractivity contribution is 6.44. The van der Waals surface area contributed by atoms with Gasteiger partial charge in [0.05, 0.1) is 5.02 Å². The first-order valence-corrected chi connectivity index (χ1v) is 7.23. The van der Waals surface area contributed by atoms with Gasteiger partial charge in [-0.1, -0.05) is 23.2 Å². The lowest BCUT2D eigenvalue weighted by Crippen LogP contribution is -2.11. The number of carbonyl (C=O) groups is 2. The number of hydrogen-bond donors (Lipinski definition) is 1. The number of carboxylic acids is 1. The second kappa shape index (κ2) is 6.50. The summed E-state index contributed by atoms with van der Waals surface area (Å²) in [6, 6.07) is 3.29. The van der Waals surface area contributed by atoms with E-state index in [2.05, 4.69) is 0 Å². The molecule has 0 bridgehead atoms. The van der Waals surface area contributed by atoms with Gasteiger partial charge in [-0.3, -0.25) is 4.79 Å². The minimum atomic E-state index is -1.09. The fourth-order valence-corrected chi connectivity index (χ4v) is 2.81. The maximum Gasteiger partial charge on any atom is 0.341 e. The van der Waals surface area contributed by atoms with E-state index in [9.17, 15) is 9.59 Å². The number of ether oxygens (including phenoxy) is 1. The number of aliphatic carboxylic acids is 1. The monoisotopic (exact) mass is 328 g/mol. The summed E-state index contributed by atoms with van der Waals surface area (Å²) in [4.78, 5) is 22.3. The molecule has 0 fully saturated rings. The van der Waals surface area contributed by atoms with E-state index in [-0.39, 0.29) is 21.6 Å². The predicted octanol–water partition coefficient (Wildman–Crippen LogP) is 3.98. The lowest BCUT2D eigenvalue weighted by atomic mass is 9.87. The summed E-state index contributed by atoms with van der Waals surface area (Å²) < 4.78 is 5.07. The Morgan fingerprint density at radius 1 is 1.29 bits per heavy atom. The highest BCUT2D eigenvalue weighted by atomic mass is 35.5. The highest BCUT2D eigenvalue weighted by Gasteiger charge is 2.21. The van der Waals surface area contributed by atoms with Crippen LogP contribution in [0.3, 0.4) is 0 Å². The highest BCUT2D eigenvalue weighted by Crippen LogP contribution is 2.41. The molecule has 0 aromatic heterocycles. The molecular weight excluding hydrogens is 315 g/mol. The molecule has 1 N–H and O–H groups in total. The van der Waals surface area contributed by atoms with Crippen LogP contribution in [0.1, 0.15) is 31.7 Å². The smallest absolute Gasteiger partial charge is 0.341 e. The van der Waals surface area contributed by atoms with Crippen LogP contribution in [0.5, 0.6) is 5.75 Å². The van der Waals surface area contributed by atoms with Crippen molar-refractivity contribution >= 4 is 40.5 Å². The molecule has 0 atom stereocenters. The molecule has 1 aliphatic rings. The van der Waals surface area contributed by atoms with Crippen molar-refractivity contribution in [3.05, 3.63) is 33.3 Å². The number of benzene rings is 1. The molecule has 0 amide bonds. The first-order chi connectivity index (χ1) is 9.91. The topological polar surface area (TPSA) is 63.6 Å². The van der Waals surface area contributed by atoms with Gasteiger partial charge in [-0.2, -0.15) is 0 Å². The van der Waals surface area contributed by atoms with Crippen molar-refractivity contribution in [2.75, 3.05) is 6.61 Å². The van der Waals surface area contributed by atoms with Crippen molar-refractivity contribution in [3.63, 3.8) is 0 Å². The van der Waals surface area contributed by atoms with Crippen LogP contribution in [0.4, 0.5) is 0 Å². The summed E-state index contributed by atoms with van der Waals surface area (Å²) in [7, 11) is 0. The van der Waals surface area contributed by atoms with E-state index in [0.717, 1.165) is 18.4 Å². The van der Waals surface area contributed by atoms with E-state index < -0.39 is 12.6 Å². The van der Waals surface area contributed by atoms with E-state index in [4.69, 9.17) is 33.0 Å². The first-order valence-electron chi connectivity index (χ1n) is 6.47. The summed E-state index contributed by atoms with van der Waals surface area (Å²) in [5.41, 5.74) is 2.30. The maximum atomic E-state index is 11.8. The Kier molecular flexibility index (Phi) is 4.91. The number of Topliss-reactive ketones (excluding diaryl/α,β-unsaturated/α-hetero) is 1. The van der Waals surface area contributed by atoms with Crippen LogP contribution in [0.25, 0.3) is 5.57 Å². The standard InChI is InChI=1S/C15H14Cl2O4/c1-8-9(3-2-4-11(8)18)10-5-6-12(15(17)14(10)16)21-7-13(19)20/h5-6H,2-4,7H2,1H3,(H,19,20). The molecule has 0 heterocycles. The summed E-state index contributed by atoms with van der Waals surface area (Å²) in [6.45, 7) is 1.30. The summed E-state index contributed by atoms with van der Waals surface area (Å²) in [6.07, 6.45) is 2.11. The van der Waals surface area contributed by atoms with Crippen molar-refractivity contribution in [3.8, 4) is 5.75 Å². The summed E-state index contributed by atoms with van der Waals surface area (Å²) >= 11 is 12.4. The van der Waals surface area contributed by atoms with Crippen LogP contribution < -0.4 is 4.74 Å². The molecule has 0 spiro atoms. The third-order valence-electron chi connectivity index (χ3n) is 3.42. The molecule has 4 nitrogen and oxygen atoms in total. The van der Waals surface area contributed by atoms with E-state index in [1.807, 2.05) is 0 Å². The number of hydrogen-bond acceptors (Lipinski definition) is 3. The quantitative estimate of drug-likeness (QED) is 0.907. The van der Waals surface area contributed by atoms with Gasteiger partial charge >= 0.3 is 5.97 Å². The van der Waals surface area contributed by atoms with Gasteiger partial charge in [-0.15, -0.1) is 0 Å². The fraction of sp³-hybridized carbons (Fsp3) is 0.333. The molecule has 112 valence electrons. The third-order valence-corrected chi connectivity index (χ3v) is 4.29. The van der Waals surface area contributed by atoms with Crippen LogP contribution >= 0.6 is 23.2 Å². The number of ketones is 1. The number of carboxylic acid groups (broad SMARTS) is 1. The number of carbonyl (C=O) groups excluding carboxylic acids is 1. The molecular formula is C15H14Cl2O4. The van der Waals surface area contributed by atoms with Crippen LogP contribution in [0.15, 0.2) is 17.7 Å². The molecule has 0 aliphatic heterocycles. The molecule has 0 unspecified atom stereocenters. The van der Waals surface area contributed by atoms with Gasteiger partial charge in [0.25, 0.3) is 0 Å². The van der Waals surface area contributed by atoms with Gasteiger partial charge < -0.3 is 9.84 Å². The molecule has 21 heavy (non-hydrogen) atoms. The van der Waals surface area contributed by atoms with E-state index in [1.54, 1.807) is 19.1 Å². The summed E-state index contributed by atoms with van der Waals surface area (Å²) in [5.74, 6) is -0.759. The van der Waals surface area contributed by atoms with Gasteiger partial charge in [0.1, 0.15) is 10.8 Å². The number of halogens is 2. The Hall–Kier alpha value is -1.52. The van der Waals surface area contributed by atoms with Gasteiger partial charge in [-0.25, -0.2) is 4.79 Å². The first kappa shape index (κ1) is 15.9. The molecule has 0 saturated heterocycles. The molecule has 1 aliphatic carbocycles. The van der Waals surface area contributed by atoms with E-state index >= 15 is 0 Å². The normalized spacial score (nSPS) is 15.3. The van der Waals surface area contributed by atoms with Gasteiger partial charge in [0.2, 0.25) is 0 Å². The molecule has 2 rings (SSSR count). The molecule has 6 heteroatoms. The van der Waals surface area contributed by atoms with Crippen molar-refractivity contribution < 1.29 is 19.4 Å². The molecule has 1 aromatic carbocycles.